The van der Waals surface area contributed by atoms with Gasteiger partial charge in [-0.2, -0.15) is 0 Å². The van der Waals surface area contributed by atoms with Crippen molar-refractivity contribution in [2.24, 2.45) is 0 Å². The highest BCUT2D eigenvalue weighted by Gasteiger charge is 1.87. The van der Waals surface area contributed by atoms with Gasteiger partial charge in [0.2, 0.25) is 5.91 Å². The van der Waals surface area contributed by atoms with Gasteiger partial charge in [-0.1, -0.05) is 0 Å². The van der Waals surface area contributed by atoms with Crippen LogP contribution in [0.1, 0.15) is 6.92 Å². The highest BCUT2D eigenvalue weighted by molar-refractivity contribution is 5.72. The normalized spacial score (nSPS) is 7.83. The van der Waals surface area contributed by atoms with Crippen LogP contribution < -0.4 is 0 Å². The van der Waals surface area contributed by atoms with Crippen molar-refractivity contribution < 1.29 is 4.79 Å². The summed E-state index contributed by atoms with van der Waals surface area (Å²) in [6.07, 6.45) is 0. The van der Waals surface area contributed by atoms with Crippen molar-refractivity contribution in [3.8, 4) is 0 Å². The van der Waals surface area contributed by atoms with Crippen molar-refractivity contribution in [1.82, 2.24) is 4.90 Å². The van der Waals surface area contributed by atoms with Crippen LogP contribution >= 0.6 is 0 Å². The molecule has 0 atom stereocenters. The summed E-state index contributed by atoms with van der Waals surface area (Å²) in [4.78, 5) is 11.3. The minimum Gasteiger partial charge on any atom is -0.344 e. The summed E-state index contributed by atoms with van der Waals surface area (Å²) in [7, 11) is 4.94. The van der Waals surface area contributed by atoms with Gasteiger partial charge in [0.25, 0.3) is 0 Å². The van der Waals surface area contributed by atoms with E-state index in [4.69, 9.17) is 0 Å². The number of amides is 1. The van der Waals surface area contributed by atoms with Crippen molar-refractivity contribution in [3.05, 3.63) is 7.05 Å². The second-order valence-corrected chi connectivity index (χ2v) is 1.22. The van der Waals surface area contributed by atoms with E-state index in [0.29, 0.717) is 0 Å². The molecule has 1 amide bonds. The van der Waals surface area contributed by atoms with Gasteiger partial charge in [0.15, 0.2) is 0 Å². The molecule has 0 spiro atoms. The van der Waals surface area contributed by atoms with Gasteiger partial charge < -0.3 is 4.90 Å². The fraction of sp³-hybridized carbons (Fsp3) is 0.500. The fourth-order valence-electron chi connectivity index (χ4n) is 0. The summed E-state index contributed by atoms with van der Waals surface area (Å²) in [5, 5.41) is 0. The molecule has 0 aliphatic rings. The number of nitrogens with zero attached hydrogens (tertiary/aromatic N) is 1. The van der Waals surface area contributed by atoms with Crippen LogP contribution in [-0.4, -0.2) is 17.9 Å². The van der Waals surface area contributed by atoms with Gasteiger partial charge >= 0.3 is 0 Å². The lowest BCUT2D eigenvalue weighted by Gasteiger charge is -2.01. The van der Waals surface area contributed by atoms with E-state index in [9.17, 15) is 4.79 Å². The predicted molar refractivity (Wildman–Crippen MR) is 23.8 cm³/mol. The lowest BCUT2D eigenvalue weighted by atomic mass is 10.7. The number of hydrogen-bond donors (Lipinski definition) is 0. The minimum atomic E-state index is -0.0185. The summed E-state index contributed by atoms with van der Waals surface area (Å²) >= 11 is 0. The lowest BCUT2D eigenvalue weighted by Crippen LogP contribution is -2.14. The van der Waals surface area contributed by atoms with Crippen molar-refractivity contribution >= 4 is 5.91 Å². The molecule has 0 aliphatic carbocycles. The Morgan fingerprint density at radius 2 is 2.00 bits per heavy atom. The summed E-state index contributed by atoms with van der Waals surface area (Å²) in [5.74, 6) is -0.0185. The Kier molecular flexibility index (Phi) is 1.64. The maximum absolute atomic E-state index is 10.0. The van der Waals surface area contributed by atoms with Gasteiger partial charge in [-0.3, -0.25) is 4.79 Å². The Balaban J connectivity index is 3.26. The van der Waals surface area contributed by atoms with E-state index in [1.807, 2.05) is 0 Å². The molecule has 0 saturated heterocycles. The Bertz CT molecular complexity index is 58.6. The van der Waals surface area contributed by atoms with Crippen LogP contribution in [-0.2, 0) is 4.79 Å². The molecule has 2 heteroatoms. The molecule has 0 fully saturated rings. The molecule has 1 radical (unpaired) electrons. The molecular formula is C4H8NO. The van der Waals surface area contributed by atoms with Gasteiger partial charge in [0, 0.05) is 21.0 Å². The SMILES string of the molecule is [CH2]N(C)C(C)=O. The zero-order valence-corrected chi connectivity index (χ0v) is 4.06. The van der Waals surface area contributed by atoms with E-state index in [1.165, 1.54) is 11.8 Å². The van der Waals surface area contributed by atoms with E-state index in [0.717, 1.165) is 0 Å². The van der Waals surface area contributed by atoms with Gasteiger partial charge in [-0.25, -0.2) is 0 Å². The number of carbonyl (C=O) groups is 1. The molecule has 0 bridgehead atoms. The van der Waals surface area contributed by atoms with Crippen molar-refractivity contribution in [2.75, 3.05) is 7.05 Å². The average molecular weight is 86.1 g/mol. The highest BCUT2D eigenvalue weighted by Crippen LogP contribution is 1.72. The molecule has 0 heterocycles. The minimum absolute atomic E-state index is 0.0185. The predicted octanol–water partition coefficient (Wildman–Crippen LogP) is 0.256. The van der Waals surface area contributed by atoms with Crippen molar-refractivity contribution in [2.45, 2.75) is 6.92 Å². The van der Waals surface area contributed by atoms with Gasteiger partial charge in [-0.15, -0.1) is 0 Å². The van der Waals surface area contributed by atoms with Crippen LogP contribution in [0.15, 0.2) is 0 Å². The summed E-state index contributed by atoms with van der Waals surface area (Å²) in [6, 6.07) is 0. The van der Waals surface area contributed by atoms with Crippen LogP contribution in [0.3, 0.4) is 0 Å². The number of carbonyl (C=O) groups excluding carboxylic acids is 1. The fourth-order valence-corrected chi connectivity index (χ4v) is 0. The highest BCUT2D eigenvalue weighted by atomic mass is 16.2. The number of hydrogen-bond acceptors (Lipinski definition) is 1. The first-order valence-electron chi connectivity index (χ1n) is 1.69. The second kappa shape index (κ2) is 1.80. The zero-order valence-electron chi connectivity index (χ0n) is 4.06. The first-order valence-corrected chi connectivity index (χ1v) is 1.69. The van der Waals surface area contributed by atoms with E-state index in [1.54, 1.807) is 7.05 Å². The smallest absolute Gasteiger partial charge is 0.219 e. The summed E-state index contributed by atoms with van der Waals surface area (Å²) < 4.78 is 0. The molecule has 0 aromatic rings. The molecular weight excluding hydrogens is 78.0 g/mol. The zero-order chi connectivity index (χ0) is 5.15. The van der Waals surface area contributed by atoms with Gasteiger partial charge in [0.05, 0.1) is 0 Å². The van der Waals surface area contributed by atoms with E-state index >= 15 is 0 Å². The topological polar surface area (TPSA) is 20.3 Å². The van der Waals surface area contributed by atoms with Gasteiger partial charge in [0.1, 0.15) is 0 Å². The maximum atomic E-state index is 10.0. The Morgan fingerprint density at radius 1 is 1.83 bits per heavy atom. The quantitative estimate of drug-likeness (QED) is 0.414. The third kappa shape index (κ3) is 1.76. The monoisotopic (exact) mass is 86.1 g/mol. The van der Waals surface area contributed by atoms with Crippen LogP contribution in [0.4, 0.5) is 0 Å². The molecule has 0 unspecified atom stereocenters. The third-order valence-corrected chi connectivity index (χ3v) is 0.538. The molecule has 0 saturated carbocycles. The van der Waals surface area contributed by atoms with Crippen LogP contribution in [0.5, 0.6) is 0 Å². The van der Waals surface area contributed by atoms with E-state index in [-0.39, 0.29) is 5.91 Å². The standard InChI is InChI=1S/C4H8NO/c1-4(6)5(2)3/h2H2,1,3H3. The van der Waals surface area contributed by atoms with E-state index < -0.39 is 0 Å². The average Bonchev–Trinajstić information content (AvgIpc) is 1.36. The Labute approximate surface area is 37.8 Å². The molecule has 0 rings (SSSR count). The molecule has 2 nitrogen and oxygen atoms in total. The lowest BCUT2D eigenvalue weighted by molar-refractivity contribution is -0.125. The largest absolute Gasteiger partial charge is 0.344 e. The van der Waals surface area contributed by atoms with Crippen LogP contribution in [0.25, 0.3) is 0 Å². The van der Waals surface area contributed by atoms with Crippen LogP contribution in [0.2, 0.25) is 0 Å². The van der Waals surface area contributed by atoms with E-state index in [2.05, 4.69) is 7.05 Å². The number of rotatable bonds is 0. The molecule has 0 aromatic heterocycles. The molecule has 0 N–H and O–H groups in total. The van der Waals surface area contributed by atoms with Gasteiger partial charge in [-0.05, 0) is 0 Å². The molecule has 35 valence electrons. The second-order valence-electron chi connectivity index (χ2n) is 1.22. The summed E-state index contributed by atoms with van der Waals surface area (Å²) in [5.41, 5.74) is 0. The van der Waals surface area contributed by atoms with Crippen LogP contribution in [0, 0.1) is 7.05 Å². The molecule has 0 aromatic carbocycles. The molecule has 6 heavy (non-hydrogen) atoms. The van der Waals surface area contributed by atoms with Crippen molar-refractivity contribution in [3.63, 3.8) is 0 Å². The summed E-state index contributed by atoms with van der Waals surface area (Å²) in [6.45, 7) is 1.47. The van der Waals surface area contributed by atoms with Crippen molar-refractivity contribution in [1.29, 1.82) is 0 Å². The first-order chi connectivity index (χ1) is 2.64. The third-order valence-electron chi connectivity index (χ3n) is 0.538. The Hall–Kier alpha value is -0.530. The first kappa shape index (κ1) is 5.47. The molecule has 0 aliphatic heterocycles. The maximum Gasteiger partial charge on any atom is 0.219 e. The Morgan fingerprint density at radius 3 is 2.00 bits per heavy atom.